The Morgan fingerprint density at radius 2 is 1.56 bits per heavy atom. The van der Waals surface area contributed by atoms with Crippen molar-refractivity contribution in [3.8, 4) is 0 Å². The van der Waals surface area contributed by atoms with E-state index in [0.29, 0.717) is 21.2 Å². The summed E-state index contributed by atoms with van der Waals surface area (Å²) in [7, 11) is 0. The van der Waals surface area contributed by atoms with E-state index >= 15 is 0 Å². The molecule has 0 aliphatic heterocycles. The Morgan fingerprint density at radius 1 is 0.880 bits per heavy atom. The van der Waals surface area contributed by atoms with Crippen molar-refractivity contribution in [3.63, 3.8) is 0 Å². The van der Waals surface area contributed by atoms with E-state index in [1.807, 2.05) is 49.4 Å². The van der Waals surface area contributed by atoms with Gasteiger partial charge in [0.15, 0.2) is 5.78 Å². The summed E-state index contributed by atoms with van der Waals surface area (Å²) in [6.45, 7) is 2.05. The zero-order chi connectivity index (χ0) is 17.6. The number of nitrogens with one attached hydrogen (secondary N) is 1. The van der Waals surface area contributed by atoms with E-state index in [9.17, 15) is 4.79 Å². The van der Waals surface area contributed by atoms with Gasteiger partial charge in [0.05, 0.1) is 11.1 Å². The van der Waals surface area contributed by atoms with Gasteiger partial charge in [0.1, 0.15) is 0 Å². The second-order valence-corrected chi connectivity index (χ2v) is 6.99. The molecule has 4 rings (SSSR count). The number of carbonyl (C=O) groups is 1. The monoisotopic (exact) mass is 367 g/mol. The first-order valence-corrected chi connectivity index (χ1v) is 8.76. The molecule has 0 spiro atoms. The van der Waals surface area contributed by atoms with Crippen molar-refractivity contribution in [2.24, 2.45) is 0 Å². The lowest BCUT2D eigenvalue weighted by Gasteiger charge is -2.30. The number of hydrogen-bond donors (Lipinski definition) is 1. The lowest BCUT2D eigenvalue weighted by atomic mass is 9.81. The van der Waals surface area contributed by atoms with Gasteiger partial charge >= 0.3 is 0 Å². The van der Waals surface area contributed by atoms with E-state index < -0.39 is 0 Å². The number of halogens is 2. The molecule has 1 N–H and O–H groups in total. The molecule has 25 heavy (non-hydrogen) atoms. The fourth-order valence-corrected chi connectivity index (χ4v) is 3.86. The number of anilines is 1. The molecular weight excluding hydrogens is 353 g/mol. The first kappa shape index (κ1) is 16.2. The Morgan fingerprint density at radius 3 is 2.32 bits per heavy atom. The van der Waals surface area contributed by atoms with Crippen molar-refractivity contribution in [2.75, 3.05) is 5.32 Å². The van der Waals surface area contributed by atoms with Gasteiger partial charge in [-0.3, -0.25) is 4.79 Å². The average molecular weight is 368 g/mol. The minimum atomic E-state index is -0.238. The first-order chi connectivity index (χ1) is 12.1. The zero-order valence-corrected chi connectivity index (χ0v) is 15.0. The van der Waals surface area contributed by atoms with Crippen LogP contribution in [0.3, 0.4) is 0 Å². The quantitative estimate of drug-likeness (QED) is 0.597. The van der Waals surface area contributed by atoms with Crippen LogP contribution in [0.15, 0.2) is 60.7 Å². The zero-order valence-electron chi connectivity index (χ0n) is 13.5. The summed E-state index contributed by atoms with van der Waals surface area (Å²) in [5.41, 5.74) is 4.93. The summed E-state index contributed by atoms with van der Waals surface area (Å²) >= 11 is 12.8. The van der Waals surface area contributed by atoms with Gasteiger partial charge < -0.3 is 5.32 Å². The van der Waals surface area contributed by atoms with E-state index in [1.165, 1.54) is 5.56 Å². The van der Waals surface area contributed by atoms with Crippen molar-refractivity contribution >= 4 is 34.7 Å². The fourth-order valence-electron chi connectivity index (χ4n) is 3.31. The molecule has 1 unspecified atom stereocenters. The van der Waals surface area contributed by atoms with Crippen molar-refractivity contribution < 1.29 is 4.79 Å². The van der Waals surface area contributed by atoms with Gasteiger partial charge in [0.25, 0.3) is 0 Å². The number of carbonyl (C=O) groups excluding carboxylic acids is 1. The lowest BCUT2D eigenvalue weighted by molar-refractivity contribution is 0.103. The van der Waals surface area contributed by atoms with E-state index in [2.05, 4.69) is 5.32 Å². The van der Waals surface area contributed by atoms with Gasteiger partial charge in [0, 0.05) is 27.4 Å². The maximum atomic E-state index is 13.0. The Hall–Kier alpha value is -2.29. The highest BCUT2D eigenvalue weighted by Gasteiger charge is 2.34. The maximum absolute atomic E-state index is 13.0. The highest BCUT2D eigenvalue weighted by molar-refractivity contribution is 6.36. The van der Waals surface area contributed by atoms with Crippen molar-refractivity contribution in [1.29, 1.82) is 0 Å². The van der Waals surface area contributed by atoms with E-state index in [0.717, 1.165) is 16.8 Å². The summed E-state index contributed by atoms with van der Waals surface area (Å²) in [5, 5.41) is 4.55. The lowest BCUT2D eigenvalue weighted by Crippen LogP contribution is -2.25. The van der Waals surface area contributed by atoms with Crippen LogP contribution in [-0.2, 0) is 0 Å². The largest absolute Gasteiger partial charge is 0.374 e. The molecule has 1 aliphatic carbocycles. The molecule has 3 aromatic carbocycles. The van der Waals surface area contributed by atoms with E-state index in [4.69, 9.17) is 23.2 Å². The average Bonchev–Trinajstić information content (AvgIpc) is 2.60. The van der Waals surface area contributed by atoms with Crippen LogP contribution >= 0.6 is 23.2 Å². The fraction of sp³-hybridized carbons (Fsp3) is 0.0952. The number of ketones is 1. The van der Waals surface area contributed by atoms with Gasteiger partial charge in [-0.1, -0.05) is 65.2 Å². The van der Waals surface area contributed by atoms with Gasteiger partial charge in [0.2, 0.25) is 0 Å². The molecule has 0 saturated heterocycles. The Balaban J connectivity index is 1.91. The van der Waals surface area contributed by atoms with Gasteiger partial charge in [-0.25, -0.2) is 0 Å². The SMILES string of the molecule is Cc1ccc(NC2c3cccc(Cl)c3C(=O)c3cccc(Cl)c32)cc1. The Labute approximate surface area is 156 Å². The predicted octanol–water partition coefficient (Wildman–Crippen LogP) is 6.05. The number of benzene rings is 3. The second kappa shape index (κ2) is 6.21. The number of fused-ring (bicyclic) bond motifs is 2. The third kappa shape index (κ3) is 2.72. The van der Waals surface area contributed by atoms with Crippen LogP contribution in [0.2, 0.25) is 10.0 Å². The summed E-state index contributed by atoms with van der Waals surface area (Å²) < 4.78 is 0. The number of hydrogen-bond acceptors (Lipinski definition) is 2. The third-order valence-corrected chi connectivity index (χ3v) is 5.18. The first-order valence-electron chi connectivity index (χ1n) is 8.01. The summed E-state index contributed by atoms with van der Waals surface area (Å²) in [6.07, 6.45) is 0. The smallest absolute Gasteiger partial charge is 0.195 e. The Kier molecular flexibility index (Phi) is 4.03. The highest BCUT2D eigenvalue weighted by Crippen LogP contribution is 2.42. The van der Waals surface area contributed by atoms with Crippen LogP contribution in [0, 0.1) is 6.92 Å². The maximum Gasteiger partial charge on any atom is 0.195 e. The van der Waals surface area contributed by atoms with E-state index in [1.54, 1.807) is 18.2 Å². The molecular formula is C21H15Cl2NO. The standard InChI is InChI=1S/C21H15Cl2NO/c1-12-8-10-13(11-9-12)24-20-14-4-2-7-17(23)19(14)21(25)15-5-3-6-16(22)18(15)20/h2-11,20,24H,1H3. The summed E-state index contributed by atoms with van der Waals surface area (Å²) in [4.78, 5) is 13.0. The minimum absolute atomic E-state index is 0.0833. The van der Waals surface area contributed by atoms with Crippen molar-refractivity contribution in [3.05, 3.63) is 98.5 Å². The molecule has 0 amide bonds. The van der Waals surface area contributed by atoms with Crippen molar-refractivity contribution in [1.82, 2.24) is 0 Å². The molecule has 0 heterocycles. The van der Waals surface area contributed by atoms with E-state index in [-0.39, 0.29) is 11.8 Å². The predicted molar refractivity (Wildman–Crippen MR) is 103 cm³/mol. The van der Waals surface area contributed by atoms with Gasteiger partial charge in [-0.15, -0.1) is 0 Å². The molecule has 3 aromatic rings. The molecule has 124 valence electrons. The van der Waals surface area contributed by atoms with Crippen LogP contribution in [0.1, 0.15) is 38.7 Å². The van der Waals surface area contributed by atoms with Crippen LogP contribution < -0.4 is 5.32 Å². The molecule has 0 bridgehead atoms. The normalized spacial score (nSPS) is 15.5. The molecule has 0 saturated carbocycles. The molecule has 1 atom stereocenters. The van der Waals surface area contributed by atoms with Gasteiger partial charge in [-0.05, 0) is 36.8 Å². The molecule has 4 heteroatoms. The summed E-state index contributed by atoms with van der Waals surface area (Å²) in [5.74, 6) is -0.0833. The molecule has 2 nitrogen and oxygen atoms in total. The van der Waals surface area contributed by atoms with Crippen LogP contribution in [0.4, 0.5) is 5.69 Å². The highest BCUT2D eigenvalue weighted by atomic mass is 35.5. The molecule has 0 fully saturated rings. The van der Waals surface area contributed by atoms with Crippen LogP contribution in [-0.4, -0.2) is 5.78 Å². The minimum Gasteiger partial charge on any atom is -0.374 e. The topological polar surface area (TPSA) is 29.1 Å². The Bertz CT molecular complexity index is 980. The number of aryl methyl sites for hydroxylation is 1. The van der Waals surface area contributed by atoms with Crippen LogP contribution in [0.5, 0.6) is 0 Å². The third-order valence-electron chi connectivity index (χ3n) is 4.53. The molecule has 1 aliphatic rings. The summed E-state index contributed by atoms with van der Waals surface area (Å²) in [6, 6.07) is 18.8. The second-order valence-electron chi connectivity index (χ2n) is 6.18. The van der Waals surface area contributed by atoms with Crippen molar-refractivity contribution in [2.45, 2.75) is 13.0 Å². The molecule has 0 radical (unpaired) electrons. The number of rotatable bonds is 2. The van der Waals surface area contributed by atoms with Crippen LogP contribution in [0.25, 0.3) is 0 Å². The van der Waals surface area contributed by atoms with Gasteiger partial charge in [-0.2, -0.15) is 0 Å². The molecule has 0 aromatic heterocycles.